The molecule has 2 heterocycles. The number of pyridine rings is 1. The van der Waals surface area contributed by atoms with Gasteiger partial charge in [-0.25, -0.2) is 9.87 Å². The minimum atomic E-state index is -0.275. The summed E-state index contributed by atoms with van der Waals surface area (Å²) in [5.41, 5.74) is 6.70. The Kier molecular flexibility index (Phi) is 7.18. The van der Waals surface area contributed by atoms with Crippen LogP contribution in [0.5, 0.6) is 11.5 Å². The zero-order valence-electron chi connectivity index (χ0n) is 20.9. The van der Waals surface area contributed by atoms with E-state index in [0.717, 1.165) is 22.2 Å². The number of carbonyl (C=O) groups is 1. The Morgan fingerprint density at radius 2 is 1.84 bits per heavy atom. The van der Waals surface area contributed by atoms with Crippen molar-refractivity contribution in [2.45, 2.75) is 13.5 Å². The number of carbonyl (C=O) groups excluding carboxylic acids is 1. The maximum absolute atomic E-state index is 14.3. The van der Waals surface area contributed by atoms with E-state index < -0.39 is 0 Å². The molecular formula is C29H29FN4O3. The highest BCUT2D eigenvalue weighted by Gasteiger charge is 2.23. The lowest BCUT2D eigenvalue weighted by Crippen LogP contribution is -2.48. The number of aryl methyl sites for hydroxylation is 1. The van der Waals surface area contributed by atoms with Gasteiger partial charge in [0.2, 0.25) is 0 Å². The highest BCUT2D eigenvalue weighted by Crippen LogP contribution is 2.25. The van der Waals surface area contributed by atoms with Gasteiger partial charge in [-0.15, -0.1) is 0 Å². The minimum absolute atomic E-state index is 0.0101. The van der Waals surface area contributed by atoms with Crippen LogP contribution in [0, 0.1) is 12.7 Å². The van der Waals surface area contributed by atoms with Crippen LogP contribution >= 0.6 is 0 Å². The van der Waals surface area contributed by atoms with Crippen molar-refractivity contribution in [3.05, 3.63) is 95.4 Å². The molecule has 0 spiro atoms. The van der Waals surface area contributed by atoms with E-state index in [0.29, 0.717) is 55.3 Å². The summed E-state index contributed by atoms with van der Waals surface area (Å²) < 4.78 is 19.4. The molecule has 5 rings (SSSR count). The highest BCUT2D eigenvalue weighted by molar-refractivity contribution is 5.95. The lowest BCUT2D eigenvalue weighted by Gasteiger charge is -2.35. The Labute approximate surface area is 215 Å². The second-order valence-electron chi connectivity index (χ2n) is 9.09. The summed E-state index contributed by atoms with van der Waals surface area (Å²) in [6.45, 7) is 4.99. The van der Waals surface area contributed by atoms with Gasteiger partial charge in [0, 0.05) is 61.5 Å². The van der Waals surface area contributed by atoms with E-state index in [4.69, 9.17) is 9.57 Å². The molecule has 1 aromatic heterocycles. The molecule has 0 atom stereocenters. The molecule has 1 N–H and O–H groups in total. The van der Waals surface area contributed by atoms with Crippen LogP contribution in [0.25, 0.3) is 10.9 Å². The van der Waals surface area contributed by atoms with Gasteiger partial charge in [-0.2, -0.15) is 0 Å². The highest BCUT2D eigenvalue weighted by atomic mass is 19.1. The minimum Gasteiger partial charge on any atom is -0.497 e. The number of hydrogen-bond donors (Lipinski definition) is 1. The van der Waals surface area contributed by atoms with E-state index in [2.05, 4.69) is 15.4 Å². The summed E-state index contributed by atoms with van der Waals surface area (Å²) in [5.74, 6) is 0.849. The average molecular weight is 501 g/mol. The number of ether oxygens (including phenoxy) is 1. The fourth-order valence-electron chi connectivity index (χ4n) is 4.50. The number of hydrogen-bond acceptors (Lipinski definition) is 6. The average Bonchev–Trinajstić information content (AvgIpc) is 2.93. The van der Waals surface area contributed by atoms with E-state index in [1.54, 1.807) is 18.3 Å². The molecule has 3 aromatic carbocycles. The third-order valence-corrected chi connectivity index (χ3v) is 6.65. The molecule has 1 saturated heterocycles. The van der Waals surface area contributed by atoms with Crippen molar-refractivity contribution in [3.8, 4) is 11.5 Å². The number of amides is 1. The Bertz CT molecular complexity index is 1410. The predicted octanol–water partition coefficient (Wildman–Crippen LogP) is 5.05. The van der Waals surface area contributed by atoms with Crippen LogP contribution < -0.4 is 15.1 Å². The molecule has 0 bridgehead atoms. The summed E-state index contributed by atoms with van der Waals surface area (Å²) in [4.78, 5) is 27.4. The largest absolute Gasteiger partial charge is 0.497 e. The molecule has 1 aliphatic rings. The molecule has 4 aromatic rings. The van der Waals surface area contributed by atoms with Crippen molar-refractivity contribution in [2.75, 3.05) is 38.8 Å². The molecule has 0 aliphatic carbocycles. The number of nitrogens with one attached hydrogen (secondary N) is 1. The van der Waals surface area contributed by atoms with E-state index in [9.17, 15) is 9.18 Å². The van der Waals surface area contributed by atoms with Gasteiger partial charge in [-0.1, -0.05) is 24.3 Å². The SMILES string of the molecule is COc1ccc(CN2CCN(C(=O)c3ccc(NOc4cccc5cccnc45)c(C)c3)CC2)c(F)c1. The van der Waals surface area contributed by atoms with Crippen molar-refractivity contribution in [1.29, 1.82) is 0 Å². The normalized spacial score (nSPS) is 14.0. The van der Waals surface area contributed by atoms with Gasteiger partial charge in [-0.05, 0) is 48.9 Å². The van der Waals surface area contributed by atoms with E-state index >= 15 is 0 Å². The van der Waals surface area contributed by atoms with E-state index in [1.807, 2.05) is 60.4 Å². The van der Waals surface area contributed by atoms with Gasteiger partial charge in [0.05, 0.1) is 12.8 Å². The summed E-state index contributed by atoms with van der Waals surface area (Å²) in [6.07, 6.45) is 1.73. The number of halogens is 1. The summed E-state index contributed by atoms with van der Waals surface area (Å²) in [6, 6.07) is 20.1. The third kappa shape index (κ3) is 5.49. The molecule has 7 nitrogen and oxygen atoms in total. The number of benzene rings is 3. The van der Waals surface area contributed by atoms with Crippen LogP contribution in [-0.2, 0) is 6.54 Å². The van der Waals surface area contributed by atoms with Gasteiger partial charge in [0.25, 0.3) is 5.91 Å². The predicted molar refractivity (Wildman–Crippen MR) is 141 cm³/mol. The number of anilines is 1. The first-order valence-electron chi connectivity index (χ1n) is 12.2. The first-order chi connectivity index (χ1) is 18.0. The summed E-state index contributed by atoms with van der Waals surface area (Å²) >= 11 is 0. The van der Waals surface area contributed by atoms with Gasteiger partial charge in [-0.3, -0.25) is 14.7 Å². The quantitative estimate of drug-likeness (QED) is 0.358. The number of fused-ring (bicyclic) bond motifs is 1. The molecule has 1 fully saturated rings. The molecular weight excluding hydrogens is 471 g/mol. The monoisotopic (exact) mass is 500 g/mol. The molecule has 0 radical (unpaired) electrons. The van der Waals surface area contributed by atoms with Crippen molar-refractivity contribution in [1.82, 2.24) is 14.8 Å². The van der Waals surface area contributed by atoms with Gasteiger partial charge >= 0.3 is 0 Å². The fourth-order valence-corrected chi connectivity index (χ4v) is 4.50. The molecule has 8 heteroatoms. The molecule has 0 saturated carbocycles. The zero-order valence-corrected chi connectivity index (χ0v) is 20.9. The van der Waals surface area contributed by atoms with Crippen molar-refractivity contribution in [3.63, 3.8) is 0 Å². The standard InChI is InChI=1S/C29H29FN4O3/c1-20-17-22(9-11-26(20)32-37-27-7-3-5-21-6-4-12-31-28(21)27)29(35)34-15-13-33(14-16-34)19-23-8-10-24(36-2)18-25(23)30/h3-12,17-18,32H,13-16,19H2,1-2H3. The Morgan fingerprint density at radius 1 is 1.03 bits per heavy atom. The maximum Gasteiger partial charge on any atom is 0.253 e. The van der Waals surface area contributed by atoms with Gasteiger partial charge < -0.3 is 14.5 Å². The fraction of sp³-hybridized carbons (Fsp3) is 0.241. The van der Waals surface area contributed by atoms with Crippen LogP contribution in [-0.4, -0.2) is 54.0 Å². The number of aromatic nitrogens is 1. The van der Waals surface area contributed by atoms with Crippen LogP contribution in [0.2, 0.25) is 0 Å². The van der Waals surface area contributed by atoms with E-state index in [-0.39, 0.29) is 11.7 Å². The van der Waals surface area contributed by atoms with Crippen molar-refractivity contribution >= 4 is 22.5 Å². The number of para-hydroxylation sites is 1. The lowest BCUT2D eigenvalue weighted by molar-refractivity contribution is 0.0627. The summed E-state index contributed by atoms with van der Waals surface area (Å²) in [7, 11) is 1.52. The first kappa shape index (κ1) is 24.5. The van der Waals surface area contributed by atoms with Gasteiger partial charge in [0.15, 0.2) is 5.75 Å². The van der Waals surface area contributed by atoms with Crippen LogP contribution in [0.1, 0.15) is 21.5 Å². The van der Waals surface area contributed by atoms with E-state index in [1.165, 1.54) is 13.2 Å². The zero-order chi connectivity index (χ0) is 25.8. The molecule has 1 aliphatic heterocycles. The Morgan fingerprint density at radius 3 is 2.59 bits per heavy atom. The molecule has 0 unspecified atom stereocenters. The Hall–Kier alpha value is -4.17. The lowest BCUT2D eigenvalue weighted by atomic mass is 10.1. The number of piperazine rings is 1. The van der Waals surface area contributed by atoms with Crippen molar-refractivity contribution < 1.29 is 18.8 Å². The van der Waals surface area contributed by atoms with Crippen LogP contribution in [0.15, 0.2) is 72.9 Å². The Balaban J connectivity index is 1.18. The third-order valence-electron chi connectivity index (χ3n) is 6.65. The summed E-state index contributed by atoms with van der Waals surface area (Å²) in [5, 5.41) is 0.994. The molecule has 37 heavy (non-hydrogen) atoms. The molecule has 190 valence electrons. The van der Waals surface area contributed by atoms with Gasteiger partial charge in [0.1, 0.15) is 17.1 Å². The number of rotatable bonds is 7. The molecule has 1 amide bonds. The maximum atomic E-state index is 14.3. The van der Waals surface area contributed by atoms with Crippen LogP contribution in [0.3, 0.4) is 0 Å². The second kappa shape index (κ2) is 10.8. The smallest absolute Gasteiger partial charge is 0.253 e. The number of methoxy groups -OCH3 is 1. The topological polar surface area (TPSA) is 66.9 Å². The van der Waals surface area contributed by atoms with Crippen molar-refractivity contribution in [2.24, 2.45) is 0 Å². The second-order valence-corrected chi connectivity index (χ2v) is 9.09. The van der Waals surface area contributed by atoms with Crippen LogP contribution in [0.4, 0.5) is 10.1 Å². The number of nitrogens with zero attached hydrogens (tertiary/aromatic N) is 3. The first-order valence-corrected chi connectivity index (χ1v) is 12.2.